The molecular formula is C12H18N4O2. The molecule has 1 amide bonds. The van der Waals surface area contributed by atoms with Crippen molar-refractivity contribution in [2.75, 3.05) is 5.32 Å². The number of rotatable bonds is 5. The average molecular weight is 250 g/mol. The van der Waals surface area contributed by atoms with Crippen LogP contribution in [0.1, 0.15) is 32.5 Å². The second-order valence-corrected chi connectivity index (χ2v) is 4.58. The van der Waals surface area contributed by atoms with Gasteiger partial charge in [-0.25, -0.2) is 4.98 Å². The Kier molecular flexibility index (Phi) is 3.64. The largest absolute Gasteiger partial charge is 0.358 e. The summed E-state index contributed by atoms with van der Waals surface area (Å²) in [4.78, 5) is 30.0. The quantitative estimate of drug-likeness (QED) is 0.706. The van der Waals surface area contributed by atoms with Gasteiger partial charge in [0, 0.05) is 18.5 Å². The Morgan fingerprint density at radius 3 is 2.94 bits per heavy atom. The average Bonchev–Trinajstić information content (AvgIpc) is 3.11. The van der Waals surface area contributed by atoms with Crippen molar-refractivity contribution in [2.24, 2.45) is 0 Å². The zero-order chi connectivity index (χ0) is 13.1. The molecule has 18 heavy (non-hydrogen) atoms. The number of hydrogen-bond acceptors (Lipinski definition) is 4. The van der Waals surface area contributed by atoms with Crippen molar-refractivity contribution in [3.05, 3.63) is 22.2 Å². The molecule has 0 aliphatic heterocycles. The summed E-state index contributed by atoms with van der Waals surface area (Å²) >= 11 is 0. The van der Waals surface area contributed by atoms with Crippen LogP contribution in [0.15, 0.2) is 10.9 Å². The molecule has 1 atom stereocenters. The summed E-state index contributed by atoms with van der Waals surface area (Å²) in [7, 11) is 0. The summed E-state index contributed by atoms with van der Waals surface area (Å²) < 4.78 is 0. The lowest BCUT2D eigenvalue weighted by Gasteiger charge is -2.14. The molecule has 1 aromatic heterocycles. The van der Waals surface area contributed by atoms with Gasteiger partial charge in [-0.2, -0.15) is 0 Å². The molecule has 0 aromatic carbocycles. The van der Waals surface area contributed by atoms with Gasteiger partial charge >= 0.3 is 0 Å². The van der Waals surface area contributed by atoms with E-state index in [1.165, 1.54) is 6.07 Å². The molecule has 0 bridgehead atoms. The van der Waals surface area contributed by atoms with E-state index in [-0.39, 0.29) is 11.5 Å². The van der Waals surface area contributed by atoms with E-state index in [4.69, 9.17) is 0 Å². The monoisotopic (exact) mass is 250 g/mol. The van der Waals surface area contributed by atoms with E-state index >= 15 is 0 Å². The van der Waals surface area contributed by atoms with Crippen molar-refractivity contribution in [1.29, 1.82) is 0 Å². The number of nitrogens with one attached hydrogen (secondary N) is 3. The summed E-state index contributed by atoms with van der Waals surface area (Å²) in [5, 5.41) is 5.85. The Hall–Kier alpha value is -1.85. The highest BCUT2D eigenvalue weighted by molar-refractivity contribution is 5.84. The summed E-state index contributed by atoms with van der Waals surface area (Å²) in [6.07, 6.45) is 2.76. The summed E-state index contributed by atoms with van der Waals surface area (Å²) in [6.45, 7) is 3.66. The molecule has 1 heterocycles. The number of aromatic amines is 1. The predicted octanol–water partition coefficient (Wildman–Crippen LogP) is 0.411. The van der Waals surface area contributed by atoms with E-state index in [9.17, 15) is 9.59 Å². The topological polar surface area (TPSA) is 86.9 Å². The van der Waals surface area contributed by atoms with Gasteiger partial charge in [-0.05, 0) is 19.8 Å². The fourth-order valence-corrected chi connectivity index (χ4v) is 1.59. The molecule has 2 rings (SSSR count). The zero-order valence-corrected chi connectivity index (χ0v) is 10.6. The first-order valence-electron chi connectivity index (χ1n) is 6.25. The molecule has 6 heteroatoms. The summed E-state index contributed by atoms with van der Waals surface area (Å²) in [5.74, 6) is 0.992. The first-order chi connectivity index (χ1) is 8.58. The number of hydrogen-bond donors (Lipinski definition) is 3. The van der Waals surface area contributed by atoms with Crippen LogP contribution in [0.25, 0.3) is 0 Å². The zero-order valence-electron chi connectivity index (χ0n) is 10.6. The van der Waals surface area contributed by atoms with Gasteiger partial charge in [-0.1, -0.05) is 6.92 Å². The number of nitrogens with zero attached hydrogens (tertiary/aromatic N) is 1. The maximum absolute atomic E-state index is 11.7. The number of amides is 1. The van der Waals surface area contributed by atoms with Gasteiger partial charge in [0.05, 0.1) is 0 Å². The Labute approximate surface area is 105 Å². The van der Waals surface area contributed by atoms with Gasteiger partial charge in [0.15, 0.2) is 0 Å². The Balaban J connectivity index is 2.00. The molecule has 1 saturated carbocycles. The van der Waals surface area contributed by atoms with Crippen LogP contribution in [0.3, 0.4) is 0 Å². The van der Waals surface area contributed by atoms with Crippen molar-refractivity contribution in [3.63, 3.8) is 0 Å². The minimum Gasteiger partial charge on any atom is -0.358 e. The van der Waals surface area contributed by atoms with Crippen LogP contribution >= 0.6 is 0 Å². The van der Waals surface area contributed by atoms with Gasteiger partial charge in [0.2, 0.25) is 5.91 Å². The Morgan fingerprint density at radius 1 is 1.61 bits per heavy atom. The van der Waals surface area contributed by atoms with Gasteiger partial charge < -0.3 is 15.6 Å². The third kappa shape index (κ3) is 3.32. The molecule has 6 nitrogen and oxygen atoms in total. The van der Waals surface area contributed by atoms with E-state index in [0.717, 1.165) is 12.8 Å². The second-order valence-electron chi connectivity index (χ2n) is 4.58. The molecule has 98 valence electrons. The fraction of sp³-hybridized carbons (Fsp3) is 0.583. The molecule has 1 aliphatic rings. The minimum absolute atomic E-state index is 0.0577. The molecule has 0 saturated heterocycles. The molecule has 1 aromatic rings. The SMILES string of the molecule is CCc1nc(NC(C)C(=O)NC2CC2)cc(=O)[nH]1. The number of aryl methyl sites for hydroxylation is 1. The van der Waals surface area contributed by atoms with Crippen LogP contribution in [-0.4, -0.2) is 28.0 Å². The lowest BCUT2D eigenvalue weighted by atomic mass is 10.3. The van der Waals surface area contributed by atoms with Crippen molar-refractivity contribution >= 4 is 11.7 Å². The van der Waals surface area contributed by atoms with Crippen LogP contribution in [0.2, 0.25) is 0 Å². The highest BCUT2D eigenvalue weighted by Crippen LogP contribution is 2.18. The van der Waals surface area contributed by atoms with Crippen LogP contribution in [0.5, 0.6) is 0 Å². The van der Waals surface area contributed by atoms with Crippen LogP contribution in [-0.2, 0) is 11.2 Å². The van der Waals surface area contributed by atoms with Crippen LogP contribution < -0.4 is 16.2 Å². The normalized spacial score (nSPS) is 16.1. The van der Waals surface area contributed by atoms with Gasteiger partial charge in [-0.3, -0.25) is 9.59 Å². The maximum atomic E-state index is 11.7. The maximum Gasteiger partial charge on any atom is 0.252 e. The Bertz CT molecular complexity index is 493. The van der Waals surface area contributed by atoms with Crippen molar-refractivity contribution in [3.8, 4) is 0 Å². The van der Waals surface area contributed by atoms with Crippen LogP contribution in [0.4, 0.5) is 5.82 Å². The number of anilines is 1. The van der Waals surface area contributed by atoms with Crippen molar-refractivity contribution in [1.82, 2.24) is 15.3 Å². The van der Waals surface area contributed by atoms with E-state index in [0.29, 0.717) is 24.1 Å². The fourth-order valence-electron chi connectivity index (χ4n) is 1.59. The first-order valence-corrected chi connectivity index (χ1v) is 6.25. The molecule has 1 aliphatic carbocycles. The van der Waals surface area contributed by atoms with Gasteiger partial charge in [0.1, 0.15) is 17.7 Å². The highest BCUT2D eigenvalue weighted by atomic mass is 16.2. The molecule has 3 N–H and O–H groups in total. The first kappa shape index (κ1) is 12.6. The minimum atomic E-state index is -0.399. The standard InChI is InChI=1S/C12H18N4O2/c1-3-9-15-10(6-11(17)16-9)13-7(2)12(18)14-8-4-5-8/h6-8H,3-5H2,1-2H3,(H,14,18)(H2,13,15,16,17). The van der Waals surface area contributed by atoms with Crippen molar-refractivity contribution in [2.45, 2.75) is 45.2 Å². The number of carbonyl (C=O) groups excluding carboxylic acids is 1. The van der Waals surface area contributed by atoms with E-state index in [1.54, 1.807) is 6.92 Å². The van der Waals surface area contributed by atoms with E-state index in [1.807, 2.05) is 6.92 Å². The van der Waals surface area contributed by atoms with Gasteiger partial charge in [0.25, 0.3) is 5.56 Å². The molecule has 1 fully saturated rings. The highest BCUT2D eigenvalue weighted by Gasteiger charge is 2.25. The summed E-state index contributed by atoms with van der Waals surface area (Å²) in [6, 6.07) is 1.30. The number of carbonyl (C=O) groups is 1. The second kappa shape index (κ2) is 5.20. The lowest BCUT2D eigenvalue weighted by molar-refractivity contribution is -0.121. The van der Waals surface area contributed by atoms with Crippen LogP contribution in [0, 0.1) is 0 Å². The molecule has 0 spiro atoms. The third-order valence-corrected chi connectivity index (χ3v) is 2.81. The number of aromatic nitrogens is 2. The molecule has 1 unspecified atom stereocenters. The summed E-state index contributed by atoms with van der Waals surface area (Å²) in [5.41, 5.74) is -0.209. The Morgan fingerprint density at radius 2 is 2.33 bits per heavy atom. The number of H-pyrrole nitrogens is 1. The predicted molar refractivity (Wildman–Crippen MR) is 68.5 cm³/mol. The smallest absolute Gasteiger partial charge is 0.252 e. The van der Waals surface area contributed by atoms with E-state index < -0.39 is 6.04 Å². The molecule has 0 radical (unpaired) electrons. The van der Waals surface area contributed by atoms with Gasteiger partial charge in [-0.15, -0.1) is 0 Å². The van der Waals surface area contributed by atoms with Crippen molar-refractivity contribution < 1.29 is 4.79 Å². The third-order valence-electron chi connectivity index (χ3n) is 2.81. The molecular weight excluding hydrogens is 232 g/mol. The van der Waals surface area contributed by atoms with E-state index in [2.05, 4.69) is 20.6 Å². The lowest BCUT2D eigenvalue weighted by Crippen LogP contribution is -2.39.